The van der Waals surface area contributed by atoms with E-state index >= 15 is 0 Å². The summed E-state index contributed by atoms with van der Waals surface area (Å²) in [5, 5.41) is 12.2. The molecule has 0 heterocycles. The van der Waals surface area contributed by atoms with Crippen LogP contribution in [0.1, 0.15) is 0 Å². The summed E-state index contributed by atoms with van der Waals surface area (Å²) >= 11 is 0. The Balaban J connectivity index is 0.000000303. The molecule has 0 aliphatic carbocycles. The molecule has 0 radical (unpaired) electrons. The maximum absolute atomic E-state index is 11.6. The molecule has 0 saturated carbocycles. The van der Waals surface area contributed by atoms with E-state index in [-0.39, 0.29) is 27.0 Å². The summed E-state index contributed by atoms with van der Waals surface area (Å²) in [4.78, 5) is 10.6. The molecule has 0 aliphatic rings. The second kappa shape index (κ2) is 10.0. The summed E-state index contributed by atoms with van der Waals surface area (Å²) in [7, 11) is -13.4. The van der Waals surface area contributed by atoms with Crippen molar-refractivity contribution in [1.29, 1.82) is 0 Å². The van der Waals surface area contributed by atoms with Gasteiger partial charge in [0.1, 0.15) is 10.6 Å². The number of rotatable bonds is 5. The number of amides is 1. The highest BCUT2D eigenvalue weighted by Gasteiger charge is 2.18. The molecule has 14 nitrogen and oxygen atoms in total. The third kappa shape index (κ3) is 7.77. The highest BCUT2D eigenvalue weighted by Crippen LogP contribution is 2.33. The number of hydrogen-bond donors (Lipinski definition) is 7. The molecule has 0 aromatic heterocycles. The van der Waals surface area contributed by atoms with Crippen LogP contribution in [0, 0.1) is 0 Å². The molecule has 0 atom stereocenters. The molecular weight excluding hydrogens is 530 g/mol. The Morgan fingerprint density at radius 1 is 0.829 bits per heavy atom. The Morgan fingerprint density at radius 2 is 1.46 bits per heavy atom. The first-order valence-corrected chi connectivity index (χ1v) is 13.5. The van der Waals surface area contributed by atoms with E-state index in [0.717, 1.165) is 18.2 Å². The second-order valence-corrected chi connectivity index (χ2v) is 11.1. The number of phenols is 1. The van der Waals surface area contributed by atoms with Gasteiger partial charge in [-0.1, -0.05) is 12.1 Å². The third-order valence-electron chi connectivity index (χ3n) is 4.14. The summed E-state index contributed by atoms with van der Waals surface area (Å²) in [6.07, 6.45) is 0. The van der Waals surface area contributed by atoms with E-state index in [1.54, 1.807) is 0 Å². The van der Waals surface area contributed by atoms with Crippen LogP contribution in [0.5, 0.6) is 5.75 Å². The number of phenolic OH excluding ortho intramolecular Hbond substituents is 1. The first kappa shape index (κ1) is 27.8. The fourth-order valence-corrected chi connectivity index (χ4v) is 4.28. The zero-order valence-electron chi connectivity index (χ0n) is 17.4. The van der Waals surface area contributed by atoms with Crippen LogP contribution in [0.3, 0.4) is 0 Å². The number of carbonyl (C=O) groups excluding carboxylic acids is 1. The monoisotopic (exact) mass is 549 g/mol. The Morgan fingerprint density at radius 3 is 1.97 bits per heavy atom. The van der Waals surface area contributed by atoms with Gasteiger partial charge in [0.2, 0.25) is 5.91 Å². The van der Waals surface area contributed by atoms with Crippen LogP contribution in [-0.4, -0.2) is 55.7 Å². The number of carbonyl (C=O) groups is 1. The molecule has 17 heteroatoms. The van der Waals surface area contributed by atoms with Gasteiger partial charge < -0.3 is 21.9 Å². The van der Waals surface area contributed by atoms with Gasteiger partial charge in [0.25, 0.3) is 30.4 Å². The van der Waals surface area contributed by atoms with Crippen molar-refractivity contribution < 1.29 is 48.8 Å². The van der Waals surface area contributed by atoms with E-state index in [9.17, 15) is 35.2 Å². The van der Waals surface area contributed by atoms with Crippen LogP contribution in [0.2, 0.25) is 0 Å². The molecule has 0 spiro atoms. The molecule has 0 unspecified atom stereocenters. The highest BCUT2D eigenvalue weighted by molar-refractivity contribution is 7.86. The Kier molecular flexibility index (Phi) is 7.95. The fraction of sp³-hybridized carbons (Fsp3) is 0.0556. The predicted octanol–water partition coefficient (Wildman–Crippen LogP) is 0.716. The number of anilines is 3. The molecule has 3 aromatic carbocycles. The number of nitrogen functional groups attached to an aromatic ring is 2. The van der Waals surface area contributed by atoms with Crippen molar-refractivity contribution >= 4 is 64.1 Å². The Hall–Kier alpha value is -3.48. The van der Waals surface area contributed by atoms with E-state index in [1.807, 2.05) is 0 Å². The van der Waals surface area contributed by atoms with Crippen molar-refractivity contribution in [3.63, 3.8) is 0 Å². The summed E-state index contributed by atoms with van der Waals surface area (Å²) in [5.74, 6) is -2.70. The van der Waals surface area contributed by atoms with Gasteiger partial charge in [-0.3, -0.25) is 18.5 Å². The van der Waals surface area contributed by atoms with Crippen molar-refractivity contribution in [3.05, 3.63) is 48.5 Å². The first-order chi connectivity index (χ1) is 15.9. The molecule has 1 amide bonds. The average Bonchev–Trinajstić information content (AvgIpc) is 2.65. The van der Waals surface area contributed by atoms with E-state index in [4.69, 9.17) is 25.1 Å². The number of nitrogens with two attached hydrogens (primary N) is 2. The van der Waals surface area contributed by atoms with Crippen molar-refractivity contribution in [2.45, 2.75) is 9.79 Å². The molecule has 3 aromatic rings. The molecule has 0 saturated heterocycles. The van der Waals surface area contributed by atoms with Crippen LogP contribution < -0.4 is 16.8 Å². The average molecular weight is 550 g/mol. The zero-order chi connectivity index (χ0) is 26.8. The molecule has 190 valence electrons. The molecule has 0 aliphatic heterocycles. The lowest BCUT2D eigenvalue weighted by molar-refractivity contribution is -0.113. The van der Waals surface area contributed by atoms with E-state index in [0.29, 0.717) is 5.69 Å². The molecule has 0 bridgehead atoms. The van der Waals surface area contributed by atoms with Crippen LogP contribution >= 0.6 is 0 Å². The summed E-state index contributed by atoms with van der Waals surface area (Å²) in [6, 6.07) is 9.80. The minimum atomic E-state index is -4.60. The summed E-state index contributed by atoms with van der Waals surface area (Å²) < 4.78 is 91.2. The zero-order valence-corrected chi connectivity index (χ0v) is 19.8. The highest BCUT2D eigenvalue weighted by atomic mass is 32.2. The van der Waals surface area contributed by atoms with Crippen molar-refractivity contribution in [3.8, 4) is 5.75 Å². The van der Waals surface area contributed by atoms with Gasteiger partial charge >= 0.3 is 0 Å². The maximum Gasteiger partial charge on any atom is 0.296 e. The number of benzene rings is 3. The van der Waals surface area contributed by atoms with E-state index in [2.05, 4.69) is 5.32 Å². The quantitative estimate of drug-likeness (QED) is 0.171. The van der Waals surface area contributed by atoms with Crippen molar-refractivity contribution in [2.75, 3.05) is 22.5 Å². The van der Waals surface area contributed by atoms with Crippen molar-refractivity contribution in [1.82, 2.24) is 0 Å². The number of aromatic hydroxyl groups is 1. The van der Waals surface area contributed by atoms with Gasteiger partial charge in [0, 0.05) is 28.2 Å². The maximum atomic E-state index is 11.6. The topological polar surface area (TPSA) is 264 Å². The normalized spacial score (nSPS) is 12.0. The standard InChI is InChI=1S/C12H11NO8S2.C6H8N2O3S/c14-11-5-7(23(19,20)21)4-9-8(11)2-1-3-10(9)13-12(15)6-22(16,17)18;7-4-1-2-6(5(8)3-4)12(9,10)11/h1-5,14H,6H2,(H,13,15)(H,16,17,18)(H,19,20,21);1-3H,7-8H2,(H,9,10,11). The smallest absolute Gasteiger partial charge is 0.296 e. The third-order valence-corrected chi connectivity index (χ3v) is 6.53. The van der Waals surface area contributed by atoms with Gasteiger partial charge in [-0.25, -0.2) is 0 Å². The Labute approximate surface area is 199 Å². The molecule has 3 rings (SSSR count). The Bertz CT molecular complexity index is 1620. The van der Waals surface area contributed by atoms with Gasteiger partial charge in [0.05, 0.1) is 10.6 Å². The number of nitrogens with one attached hydrogen (secondary N) is 1. The summed E-state index contributed by atoms with van der Waals surface area (Å²) in [6.45, 7) is 0. The van der Waals surface area contributed by atoms with Crippen LogP contribution in [-0.2, 0) is 35.1 Å². The van der Waals surface area contributed by atoms with Crippen LogP contribution in [0.25, 0.3) is 10.8 Å². The van der Waals surface area contributed by atoms with Gasteiger partial charge in [-0.2, -0.15) is 25.3 Å². The SMILES string of the molecule is Nc1ccc(S(=O)(=O)O)c(N)c1.O=C(CS(=O)(=O)O)Nc1cccc2c(O)cc(S(=O)(=O)O)cc12. The summed E-state index contributed by atoms with van der Waals surface area (Å²) in [5.41, 5.74) is 10.9. The van der Waals surface area contributed by atoms with Gasteiger partial charge in [-0.05, 0) is 30.3 Å². The first-order valence-electron chi connectivity index (χ1n) is 8.99. The molecule has 9 N–H and O–H groups in total. The van der Waals surface area contributed by atoms with Gasteiger partial charge in [-0.15, -0.1) is 0 Å². The van der Waals surface area contributed by atoms with Gasteiger partial charge in [0.15, 0.2) is 5.75 Å². The minimum absolute atomic E-state index is 0.00282. The fourth-order valence-electron chi connectivity index (χ4n) is 2.75. The lowest BCUT2D eigenvalue weighted by atomic mass is 10.1. The van der Waals surface area contributed by atoms with E-state index < -0.39 is 52.7 Å². The van der Waals surface area contributed by atoms with Crippen molar-refractivity contribution in [2.24, 2.45) is 0 Å². The lowest BCUT2D eigenvalue weighted by Crippen LogP contribution is -2.22. The molecular formula is C18H19N3O11S3. The number of fused-ring (bicyclic) bond motifs is 1. The van der Waals surface area contributed by atoms with E-state index in [1.165, 1.54) is 30.3 Å². The molecule has 0 fully saturated rings. The van der Waals surface area contributed by atoms with Crippen LogP contribution in [0.15, 0.2) is 58.3 Å². The predicted molar refractivity (Wildman–Crippen MR) is 126 cm³/mol. The van der Waals surface area contributed by atoms with Crippen LogP contribution in [0.4, 0.5) is 17.1 Å². The second-order valence-electron chi connectivity index (χ2n) is 6.86. The number of hydrogen-bond acceptors (Lipinski definition) is 10. The molecule has 35 heavy (non-hydrogen) atoms. The largest absolute Gasteiger partial charge is 0.507 e. The lowest BCUT2D eigenvalue weighted by Gasteiger charge is -2.10. The minimum Gasteiger partial charge on any atom is -0.507 e.